The minimum atomic E-state index is 0.270. The highest BCUT2D eigenvalue weighted by Gasteiger charge is 2.15. The van der Waals surface area contributed by atoms with Gasteiger partial charge in [-0.25, -0.2) is 9.97 Å². The largest absolute Gasteiger partial charge is 0.477 e. The number of ether oxygens (including phenoxy) is 2. The minimum absolute atomic E-state index is 0.270. The molecule has 0 N–H and O–H groups in total. The number of benzene rings is 2. The molecule has 0 saturated carbocycles. The van der Waals surface area contributed by atoms with Crippen molar-refractivity contribution in [3.05, 3.63) is 58.5 Å². The lowest BCUT2D eigenvalue weighted by atomic mass is 10.1. The molecular formula is C19H20N4O3. The van der Waals surface area contributed by atoms with Crippen molar-refractivity contribution in [1.29, 1.82) is 0 Å². The number of hydrogen-bond donors (Lipinski definition) is 0. The Balaban J connectivity index is 1.98. The van der Waals surface area contributed by atoms with Crippen LogP contribution >= 0.6 is 0 Å². The maximum absolute atomic E-state index is 11.1. The molecule has 0 unspecified atom stereocenters. The van der Waals surface area contributed by atoms with Crippen LogP contribution < -0.4 is 9.47 Å². The average Bonchev–Trinajstić information content (AvgIpc) is 2.67. The van der Waals surface area contributed by atoms with E-state index in [1.807, 2.05) is 25.2 Å². The molecule has 0 atom stereocenters. The lowest BCUT2D eigenvalue weighted by Crippen LogP contribution is -2.17. The van der Waals surface area contributed by atoms with E-state index < -0.39 is 0 Å². The molecule has 1 heterocycles. The van der Waals surface area contributed by atoms with Crippen molar-refractivity contribution in [2.24, 2.45) is 5.18 Å². The van der Waals surface area contributed by atoms with Crippen molar-refractivity contribution in [3.63, 3.8) is 0 Å². The summed E-state index contributed by atoms with van der Waals surface area (Å²) >= 11 is 0. The van der Waals surface area contributed by atoms with Gasteiger partial charge in [0.1, 0.15) is 5.69 Å². The predicted molar refractivity (Wildman–Crippen MR) is 99.7 cm³/mol. The predicted octanol–water partition coefficient (Wildman–Crippen LogP) is 3.68. The summed E-state index contributed by atoms with van der Waals surface area (Å²) in [6.07, 6.45) is 0. The van der Waals surface area contributed by atoms with Gasteiger partial charge in [0.2, 0.25) is 0 Å². The third-order valence-corrected chi connectivity index (χ3v) is 4.00. The van der Waals surface area contributed by atoms with Crippen LogP contribution in [0.1, 0.15) is 11.1 Å². The normalized spacial score (nSPS) is 10.9. The maximum atomic E-state index is 11.1. The van der Waals surface area contributed by atoms with Gasteiger partial charge in [0.25, 0.3) is 11.8 Å². The van der Waals surface area contributed by atoms with Gasteiger partial charge in [0, 0.05) is 13.1 Å². The van der Waals surface area contributed by atoms with Gasteiger partial charge >= 0.3 is 0 Å². The van der Waals surface area contributed by atoms with E-state index in [4.69, 9.17) is 9.47 Å². The van der Waals surface area contributed by atoms with Gasteiger partial charge in [-0.15, -0.1) is 4.91 Å². The van der Waals surface area contributed by atoms with Crippen LogP contribution in [-0.2, 0) is 13.1 Å². The van der Waals surface area contributed by atoms with Gasteiger partial charge in [0.15, 0.2) is 0 Å². The van der Waals surface area contributed by atoms with E-state index in [9.17, 15) is 4.91 Å². The first-order chi connectivity index (χ1) is 12.6. The third kappa shape index (κ3) is 3.78. The van der Waals surface area contributed by atoms with Crippen molar-refractivity contribution < 1.29 is 9.47 Å². The van der Waals surface area contributed by atoms with Crippen LogP contribution in [0.25, 0.3) is 11.0 Å². The molecule has 0 aliphatic rings. The summed E-state index contributed by atoms with van der Waals surface area (Å²) in [5.41, 5.74) is 3.57. The van der Waals surface area contributed by atoms with Crippen LogP contribution in [0.5, 0.6) is 11.8 Å². The second kappa shape index (κ2) is 7.88. The van der Waals surface area contributed by atoms with E-state index in [2.05, 4.69) is 32.2 Å². The molecule has 0 radical (unpaired) electrons. The summed E-state index contributed by atoms with van der Waals surface area (Å²) in [5, 5.41) is 3.06. The fourth-order valence-electron chi connectivity index (χ4n) is 2.86. The summed E-state index contributed by atoms with van der Waals surface area (Å²) in [6, 6.07) is 13.5. The zero-order valence-electron chi connectivity index (χ0n) is 15.0. The molecule has 0 aliphatic heterocycles. The molecule has 0 amide bonds. The molecule has 134 valence electrons. The molecule has 7 heteroatoms. The first-order valence-electron chi connectivity index (χ1n) is 8.13. The summed E-state index contributed by atoms with van der Waals surface area (Å²) in [7, 11) is 5.02. The van der Waals surface area contributed by atoms with Crippen LogP contribution in [0.2, 0.25) is 0 Å². The number of hydrogen-bond acceptors (Lipinski definition) is 7. The Morgan fingerprint density at radius 3 is 2.35 bits per heavy atom. The Bertz CT molecular complexity index is 916. The van der Waals surface area contributed by atoms with Crippen molar-refractivity contribution in [3.8, 4) is 11.8 Å². The Morgan fingerprint density at radius 2 is 1.69 bits per heavy atom. The number of nitrogens with zero attached hydrogens (tertiary/aromatic N) is 4. The van der Waals surface area contributed by atoms with Crippen LogP contribution in [0, 0.1) is 4.91 Å². The van der Waals surface area contributed by atoms with Gasteiger partial charge in [-0.05, 0) is 35.5 Å². The molecule has 7 nitrogen and oxygen atoms in total. The molecule has 0 spiro atoms. The minimum Gasteiger partial charge on any atom is -0.477 e. The van der Waals surface area contributed by atoms with E-state index >= 15 is 0 Å². The highest BCUT2D eigenvalue weighted by molar-refractivity contribution is 5.82. The van der Waals surface area contributed by atoms with Crippen molar-refractivity contribution in [1.82, 2.24) is 14.9 Å². The zero-order valence-corrected chi connectivity index (χ0v) is 15.0. The lowest BCUT2D eigenvalue weighted by molar-refractivity contribution is 0.319. The highest BCUT2D eigenvalue weighted by atomic mass is 16.5. The van der Waals surface area contributed by atoms with Gasteiger partial charge in [-0.2, -0.15) is 0 Å². The lowest BCUT2D eigenvalue weighted by Gasteiger charge is -2.18. The Morgan fingerprint density at radius 1 is 1.00 bits per heavy atom. The Labute approximate surface area is 151 Å². The third-order valence-electron chi connectivity index (χ3n) is 4.00. The van der Waals surface area contributed by atoms with E-state index in [-0.39, 0.29) is 5.88 Å². The van der Waals surface area contributed by atoms with E-state index in [0.29, 0.717) is 29.1 Å². The van der Waals surface area contributed by atoms with Crippen LogP contribution in [0.3, 0.4) is 0 Å². The summed E-state index contributed by atoms with van der Waals surface area (Å²) in [6.45, 7) is 1.35. The van der Waals surface area contributed by atoms with Crippen molar-refractivity contribution in [2.75, 3.05) is 21.3 Å². The Kier molecular flexibility index (Phi) is 5.38. The van der Waals surface area contributed by atoms with Gasteiger partial charge in [-0.3, -0.25) is 4.90 Å². The standard InChI is InChI=1S/C19H20N4O3/c1-23(11-13-7-5-4-6-8-13)12-14-9-15(22-24)10-16-17(14)21-19(26-3)18(20-16)25-2/h4-10H,11-12H2,1-3H3. The molecular weight excluding hydrogens is 332 g/mol. The molecule has 2 aromatic carbocycles. The summed E-state index contributed by atoms with van der Waals surface area (Å²) < 4.78 is 10.5. The summed E-state index contributed by atoms with van der Waals surface area (Å²) in [4.78, 5) is 22.1. The smallest absolute Gasteiger partial charge is 0.278 e. The number of fused-ring (bicyclic) bond motifs is 1. The van der Waals surface area contributed by atoms with Gasteiger partial charge < -0.3 is 9.47 Å². The number of methoxy groups -OCH3 is 2. The first-order valence-corrected chi connectivity index (χ1v) is 8.13. The van der Waals surface area contributed by atoms with Crippen LogP contribution in [0.4, 0.5) is 5.69 Å². The molecule has 0 bridgehead atoms. The van der Waals surface area contributed by atoms with E-state index in [0.717, 1.165) is 12.1 Å². The van der Waals surface area contributed by atoms with E-state index in [1.54, 1.807) is 12.1 Å². The molecule has 3 aromatic rings. The van der Waals surface area contributed by atoms with Crippen LogP contribution in [0.15, 0.2) is 47.6 Å². The summed E-state index contributed by atoms with van der Waals surface area (Å²) in [5.74, 6) is 0.574. The number of aromatic nitrogens is 2. The maximum Gasteiger partial charge on any atom is 0.278 e. The highest BCUT2D eigenvalue weighted by Crippen LogP contribution is 2.30. The van der Waals surface area contributed by atoms with E-state index in [1.165, 1.54) is 19.8 Å². The van der Waals surface area contributed by atoms with Crippen molar-refractivity contribution in [2.45, 2.75) is 13.1 Å². The number of rotatable bonds is 7. The second-order valence-electron chi connectivity index (χ2n) is 5.96. The average molecular weight is 352 g/mol. The Hall–Kier alpha value is -3.06. The fraction of sp³-hybridized carbons (Fsp3) is 0.263. The van der Waals surface area contributed by atoms with Gasteiger partial charge in [0.05, 0.1) is 25.3 Å². The second-order valence-corrected chi connectivity index (χ2v) is 5.96. The molecule has 26 heavy (non-hydrogen) atoms. The number of nitroso groups, excluding NO2 is 1. The zero-order chi connectivity index (χ0) is 18.5. The quantitative estimate of drug-likeness (QED) is 0.604. The van der Waals surface area contributed by atoms with Crippen molar-refractivity contribution >= 4 is 16.7 Å². The monoisotopic (exact) mass is 352 g/mol. The SMILES string of the molecule is COc1nc2cc(N=O)cc(CN(C)Cc3ccccc3)c2nc1OC. The molecule has 3 rings (SSSR count). The van der Waals surface area contributed by atoms with Gasteiger partial charge in [-0.1, -0.05) is 30.3 Å². The molecule has 1 aromatic heterocycles. The molecule has 0 aliphatic carbocycles. The van der Waals surface area contributed by atoms with Crippen LogP contribution in [-0.4, -0.2) is 36.1 Å². The molecule has 0 saturated heterocycles. The topological polar surface area (TPSA) is 76.9 Å². The first kappa shape index (κ1) is 17.8. The molecule has 0 fully saturated rings. The fourth-order valence-corrected chi connectivity index (χ4v) is 2.86.